The molecular formula is C20H24N4O. The molecule has 0 saturated carbocycles. The van der Waals surface area contributed by atoms with Crippen molar-refractivity contribution in [3.8, 4) is 0 Å². The number of anilines is 1. The quantitative estimate of drug-likeness (QED) is 0.798. The molecule has 1 fully saturated rings. The molecule has 1 aliphatic heterocycles. The van der Waals surface area contributed by atoms with Crippen LogP contribution in [-0.4, -0.2) is 32.7 Å². The summed E-state index contributed by atoms with van der Waals surface area (Å²) < 4.78 is 1.91. The van der Waals surface area contributed by atoms with Gasteiger partial charge in [0.2, 0.25) is 0 Å². The first-order valence-electron chi connectivity index (χ1n) is 8.90. The predicted molar refractivity (Wildman–Crippen MR) is 99.6 cm³/mol. The third-order valence-electron chi connectivity index (χ3n) is 5.19. The summed E-state index contributed by atoms with van der Waals surface area (Å²) in [6.07, 6.45) is 5.20. The van der Waals surface area contributed by atoms with E-state index >= 15 is 0 Å². The highest BCUT2D eigenvalue weighted by molar-refractivity contribution is 5.92. The summed E-state index contributed by atoms with van der Waals surface area (Å²) >= 11 is 0. The summed E-state index contributed by atoms with van der Waals surface area (Å²) in [7, 11) is 1.94. The molecule has 0 spiro atoms. The largest absolute Gasteiger partial charge is 0.385 e. The maximum atomic E-state index is 10.8. The number of pyridine rings is 1. The third kappa shape index (κ3) is 3.00. The van der Waals surface area contributed by atoms with Crippen molar-refractivity contribution >= 4 is 16.6 Å². The fourth-order valence-corrected chi connectivity index (χ4v) is 3.91. The van der Waals surface area contributed by atoms with Crippen LogP contribution in [-0.2, 0) is 7.05 Å². The average Bonchev–Trinajstić information content (AvgIpc) is 3.06. The number of rotatable bonds is 3. The smallest absolute Gasteiger partial charge is 0.137 e. The molecule has 1 saturated heterocycles. The van der Waals surface area contributed by atoms with E-state index in [0.717, 1.165) is 43.0 Å². The van der Waals surface area contributed by atoms with Crippen LogP contribution in [0.2, 0.25) is 0 Å². The van der Waals surface area contributed by atoms with Crippen molar-refractivity contribution < 1.29 is 5.11 Å². The fraction of sp³-hybridized carbons (Fsp3) is 0.400. The van der Waals surface area contributed by atoms with E-state index in [1.54, 1.807) is 6.20 Å². The van der Waals surface area contributed by atoms with Gasteiger partial charge in [-0.3, -0.25) is 4.98 Å². The Hall–Kier alpha value is -2.40. The number of aliphatic hydroxyl groups excluding tert-OH is 1. The number of aromatic nitrogens is 3. The van der Waals surface area contributed by atoms with Crippen LogP contribution < -0.4 is 4.90 Å². The number of nitrogens with zero attached hydrogens (tertiary/aromatic N) is 4. The topological polar surface area (TPSA) is 54.2 Å². The molecular weight excluding hydrogens is 312 g/mol. The molecule has 1 aliphatic rings. The van der Waals surface area contributed by atoms with Crippen molar-refractivity contribution in [1.29, 1.82) is 0 Å². The first-order valence-corrected chi connectivity index (χ1v) is 8.90. The van der Waals surface area contributed by atoms with E-state index in [4.69, 9.17) is 0 Å². The highest BCUT2D eigenvalue weighted by Gasteiger charge is 2.30. The number of para-hydroxylation sites is 1. The van der Waals surface area contributed by atoms with Gasteiger partial charge in [-0.25, -0.2) is 4.98 Å². The van der Waals surface area contributed by atoms with Crippen LogP contribution >= 0.6 is 0 Å². The molecule has 2 unspecified atom stereocenters. The molecule has 0 aliphatic carbocycles. The lowest BCUT2D eigenvalue weighted by atomic mass is 9.91. The van der Waals surface area contributed by atoms with Gasteiger partial charge >= 0.3 is 0 Å². The first-order chi connectivity index (χ1) is 12.1. The zero-order valence-corrected chi connectivity index (χ0v) is 14.8. The zero-order valence-electron chi connectivity index (χ0n) is 14.8. The van der Waals surface area contributed by atoms with Crippen molar-refractivity contribution in [2.75, 3.05) is 18.0 Å². The fourth-order valence-electron chi connectivity index (χ4n) is 3.91. The van der Waals surface area contributed by atoms with Gasteiger partial charge in [-0.15, -0.1) is 0 Å². The van der Waals surface area contributed by atoms with Crippen LogP contribution in [0.5, 0.6) is 0 Å². The number of hydrogen-bond acceptors (Lipinski definition) is 4. The number of aryl methyl sites for hydroxylation is 2. The Kier molecular flexibility index (Phi) is 4.17. The Bertz CT molecular complexity index is 888. The maximum Gasteiger partial charge on any atom is 0.137 e. The second kappa shape index (κ2) is 6.48. The molecule has 0 radical (unpaired) electrons. The molecule has 3 aromatic rings. The molecule has 2 aromatic heterocycles. The monoisotopic (exact) mass is 336 g/mol. The summed E-state index contributed by atoms with van der Waals surface area (Å²) in [5.41, 5.74) is 3.28. The van der Waals surface area contributed by atoms with E-state index in [-0.39, 0.29) is 5.92 Å². The van der Waals surface area contributed by atoms with Crippen LogP contribution in [0.25, 0.3) is 10.9 Å². The maximum absolute atomic E-state index is 10.8. The van der Waals surface area contributed by atoms with Crippen LogP contribution in [0.3, 0.4) is 0 Å². The molecule has 4 rings (SSSR count). The number of aliphatic hydroxyl groups is 1. The second-order valence-electron chi connectivity index (χ2n) is 6.99. The van der Waals surface area contributed by atoms with E-state index < -0.39 is 6.10 Å². The van der Waals surface area contributed by atoms with Gasteiger partial charge in [0.1, 0.15) is 11.9 Å². The Morgan fingerprint density at radius 2 is 2.12 bits per heavy atom. The molecule has 1 aromatic carbocycles. The van der Waals surface area contributed by atoms with E-state index in [1.807, 2.05) is 30.8 Å². The van der Waals surface area contributed by atoms with Crippen LogP contribution in [0.4, 0.5) is 5.69 Å². The van der Waals surface area contributed by atoms with Crippen molar-refractivity contribution in [3.05, 3.63) is 54.2 Å². The van der Waals surface area contributed by atoms with Gasteiger partial charge < -0.3 is 14.6 Å². The van der Waals surface area contributed by atoms with Gasteiger partial charge in [0.15, 0.2) is 0 Å². The van der Waals surface area contributed by atoms with Gasteiger partial charge in [-0.2, -0.15) is 0 Å². The second-order valence-corrected chi connectivity index (χ2v) is 6.99. The minimum Gasteiger partial charge on any atom is -0.385 e. The molecule has 1 N–H and O–H groups in total. The van der Waals surface area contributed by atoms with Gasteiger partial charge in [0.05, 0.1) is 5.52 Å². The van der Waals surface area contributed by atoms with E-state index in [2.05, 4.69) is 39.1 Å². The molecule has 5 nitrogen and oxygen atoms in total. The molecule has 5 heteroatoms. The molecule has 2 atom stereocenters. The minimum absolute atomic E-state index is 0.182. The molecule has 25 heavy (non-hydrogen) atoms. The van der Waals surface area contributed by atoms with E-state index in [9.17, 15) is 5.11 Å². The highest BCUT2D eigenvalue weighted by atomic mass is 16.3. The lowest BCUT2D eigenvalue weighted by Gasteiger charge is -2.37. The number of fused-ring (bicyclic) bond motifs is 1. The average molecular weight is 336 g/mol. The molecule has 0 bridgehead atoms. The van der Waals surface area contributed by atoms with Crippen molar-refractivity contribution in [2.45, 2.75) is 25.9 Å². The van der Waals surface area contributed by atoms with Crippen LogP contribution in [0.15, 0.2) is 42.7 Å². The molecule has 130 valence electrons. The summed E-state index contributed by atoms with van der Waals surface area (Å²) in [5, 5.41) is 12.0. The first kappa shape index (κ1) is 16.1. The normalized spacial score (nSPS) is 19.3. The SMILES string of the molecule is Cc1cc(N2CCCC(C(O)c3nccn3C)C2)c2ccccc2n1. The lowest BCUT2D eigenvalue weighted by Crippen LogP contribution is -2.38. The Morgan fingerprint density at radius 3 is 2.92 bits per heavy atom. The summed E-state index contributed by atoms with van der Waals surface area (Å²) in [6.45, 7) is 3.89. The Balaban J connectivity index is 1.65. The van der Waals surface area contributed by atoms with Crippen molar-refractivity contribution in [3.63, 3.8) is 0 Å². The standard InChI is InChI=1S/C20H24N4O/c1-14-12-18(16-7-3-4-8-17(16)22-14)24-10-5-6-15(13-24)19(25)20-21-9-11-23(20)2/h3-4,7-9,11-12,15,19,25H,5-6,10,13H2,1-2H3. The third-order valence-corrected chi connectivity index (χ3v) is 5.19. The van der Waals surface area contributed by atoms with Crippen molar-refractivity contribution in [1.82, 2.24) is 14.5 Å². The summed E-state index contributed by atoms with van der Waals surface area (Å²) in [4.78, 5) is 11.4. The number of imidazole rings is 1. The van der Waals surface area contributed by atoms with E-state index in [1.165, 1.54) is 11.1 Å². The van der Waals surface area contributed by atoms with Crippen molar-refractivity contribution in [2.24, 2.45) is 13.0 Å². The van der Waals surface area contributed by atoms with Crippen LogP contribution in [0.1, 0.15) is 30.5 Å². The summed E-state index contributed by atoms with van der Waals surface area (Å²) in [5.74, 6) is 0.935. The minimum atomic E-state index is -0.531. The number of hydrogen-bond donors (Lipinski definition) is 1. The van der Waals surface area contributed by atoms with Gasteiger partial charge in [-0.1, -0.05) is 18.2 Å². The van der Waals surface area contributed by atoms with Crippen LogP contribution in [0, 0.1) is 12.8 Å². The highest BCUT2D eigenvalue weighted by Crippen LogP contribution is 2.34. The Morgan fingerprint density at radius 1 is 1.28 bits per heavy atom. The number of piperidine rings is 1. The Labute approximate surface area is 147 Å². The van der Waals surface area contributed by atoms with Gasteiger partial charge in [-0.05, 0) is 31.9 Å². The van der Waals surface area contributed by atoms with E-state index in [0.29, 0.717) is 0 Å². The number of benzene rings is 1. The zero-order chi connectivity index (χ0) is 17.4. The van der Waals surface area contributed by atoms with Gasteiger partial charge in [0.25, 0.3) is 0 Å². The molecule has 0 amide bonds. The summed E-state index contributed by atoms with van der Waals surface area (Å²) in [6, 6.07) is 10.5. The lowest BCUT2D eigenvalue weighted by molar-refractivity contribution is 0.0875. The molecule has 3 heterocycles. The predicted octanol–water partition coefficient (Wildman–Crippen LogP) is 3.23. The van der Waals surface area contributed by atoms with Gasteiger partial charge in [0, 0.05) is 55.2 Å².